The smallest absolute Gasteiger partial charge is 0.136 e. The van der Waals surface area contributed by atoms with Gasteiger partial charge in [0.2, 0.25) is 0 Å². The summed E-state index contributed by atoms with van der Waals surface area (Å²) in [4.78, 5) is 2.36. The number of furan rings is 1. The van der Waals surface area contributed by atoms with Crippen molar-refractivity contribution in [2.24, 2.45) is 0 Å². The summed E-state index contributed by atoms with van der Waals surface area (Å²) in [5.74, 6) is 0.880. The molecule has 2 nitrogen and oxygen atoms in total. The van der Waals surface area contributed by atoms with Crippen LogP contribution in [0.5, 0.6) is 0 Å². The molecule has 0 N–H and O–H groups in total. The van der Waals surface area contributed by atoms with E-state index >= 15 is 0 Å². The van der Waals surface area contributed by atoms with Crippen LogP contribution < -0.4 is 4.90 Å². The lowest BCUT2D eigenvalue weighted by molar-refractivity contribution is 0.632. The second kappa shape index (κ2) is 13.4. The molecule has 0 saturated carbocycles. The van der Waals surface area contributed by atoms with E-state index in [-0.39, 0.29) is 0 Å². The van der Waals surface area contributed by atoms with Gasteiger partial charge in [0.25, 0.3) is 0 Å². The van der Waals surface area contributed by atoms with Crippen LogP contribution >= 0.6 is 0 Å². The molecule has 0 fully saturated rings. The highest BCUT2D eigenvalue weighted by Crippen LogP contribution is 2.40. The highest BCUT2D eigenvalue weighted by atomic mass is 16.3. The third-order valence-electron chi connectivity index (χ3n) is 10.5. The van der Waals surface area contributed by atoms with Crippen LogP contribution in [-0.2, 0) is 0 Å². The Morgan fingerprint density at radius 2 is 0.870 bits per heavy atom. The summed E-state index contributed by atoms with van der Waals surface area (Å²) in [6.07, 6.45) is 0. The monoisotopic (exact) mass is 689 g/mol. The van der Waals surface area contributed by atoms with Gasteiger partial charge >= 0.3 is 0 Å². The summed E-state index contributed by atoms with van der Waals surface area (Å²) in [5.41, 5.74) is 12.3. The van der Waals surface area contributed by atoms with Gasteiger partial charge in [-0.2, -0.15) is 0 Å². The number of hydrogen-bond donors (Lipinski definition) is 0. The highest BCUT2D eigenvalue weighted by Gasteiger charge is 2.16. The molecule has 1 heterocycles. The van der Waals surface area contributed by atoms with Gasteiger partial charge in [-0.1, -0.05) is 164 Å². The molecular weight excluding hydrogens is 655 g/mol. The molecule has 0 aliphatic heterocycles. The Morgan fingerprint density at radius 1 is 0.296 bits per heavy atom. The quantitative estimate of drug-likeness (QED) is 0.155. The van der Waals surface area contributed by atoms with Gasteiger partial charge in [-0.25, -0.2) is 0 Å². The first-order valence-corrected chi connectivity index (χ1v) is 18.4. The standard InChI is InChI=1S/C52H35NO/c1-2-11-36(12-3-1)41-15-10-16-45(33-41)53(46-31-32-49-42(34-46)26-25-39-13-4-6-17-47(39)49)44-29-27-38(28-30-44)37-21-23-40(24-22-37)48-18-7-8-19-50(48)52-35-43-14-5-9-20-51(43)54-52/h1-35H. The van der Waals surface area contributed by atoms with E-state index in [2.05, 4.69) is 199 Å². The predicted octanol–water partition coefficient (Wildman–Crippen LogP) is 14.9. The van der Waals surface area contributed by atoms with Crippen molar-refractivity contribution < 1.29 is 4.42 Å². The highest BCUT2D eigenvalue weighted by molar-refractivity contribution is 6.08. The van der Waals surface area contributed by atoms with Gasteiger partial charge in [-0.3, -0.25) is 0 Å². The van der Waals surface area contributed by atoms with Crippen LogP contribution in [0.25, 0.3) is 77.2 Å². The second-order valence-electron chi connectivity index (χ2n) is 13.8. The van der Waals surface area contributed by atoms with E-state index in [1.54, 1.807) is 0 Å². The first kappa shape index (κ1) is 31.6. The lowest BCUT2D eigenvalue weighted by Crippen LogP contribution is -2.10. The summed E-state index contributed by atoms with van der Waals surface area (Å²) in [7, 11) is 0. The van der Waals surface area contributed by atoms with Gasteiger partial charge in [-0.05, 0) is 103 Å². The van der Waals surface area contributed by atoms with Gasteiger partial charge in [0.15, 0.2) is 0 Å². The number of para-hydroxylation sites is 1. The number of rotatable bonds is 7. The third-order valence-corrected chi connectivity index (χ3v) is 10.5. The number of benzene rings is 9. The number of hydrogen-bond acceptors (Lipinski definition) is 2. The normalized spacial score (nSPS) is 11.3. The SMILES string of the molecule is c1ccc(-c2cccc(N(c3ccc(-c4ccc(-c5ccccc5-c5cc6ccccc6o5)cc4)cc3)c3ccc4c(ccc5ccccc54)c3)c2)cc1. The molecule has 9 aromatic carbocycles. The maximum Gasteiger partial charge on any atom is 0.136 e. The van der Waals surface area contributed by atoms with Crippen LogP contribution in [0, 0.1) is 0 Å². The first-order valence-electron chi connectivity index (χ1n) is 18.4. The molecule has 0 aliphatic carbocycles. The predicted molar refractivity (Wildman–Crippen MR) is 228 cm³/mol. The molecule has 2 heteroatoms. The van der Waals surface area contributed by atoms with E-state index in [0.29, 0.717) is 0 Å². The van der Waals surface area contributed by atoms with Crippen LogP contribution in [-0.4, -0.2) is 0 Å². The Balaban J connectivity index is 1.01. The molecule has 10 rings (SSSR count). The van der Waals surface area contributed by atoms with Crippen molar-refractivity contribution in [2.45, 2.75) is 0 Å². The van der Waals surface area contributed by atoms with Crippen LogP contribution in [0.2, 0.25) is 0 Å². The fourth-order valence-corrected chi connectivity index (χ4v) is 7.75. The summed E-state index contributed by atoms with van der Waals surface area (Å²) in [6.45, 7) is 0. The molecule has 10 aromatic rings. The number of anilines is 3. The summed E-state index contributed by atoms with van der Waals surface area (Å²) in [5, 5.41) is 6.11. The maximum atomic E-state index is 6.27. The topological polar surface area (TPSA) is 16.4 Å². The van der Waals surface area contributed by atoms with Gasteiger partial charge in [0.05, 0.1) is 0 Å². The molecule has 0 atom stereocenters. The fourth-order valence-electron chi connectivity index (χ4n) is 7.75. The van der Waals surface area contributed by atoms with E-state index < -0.39 is 0 Å². The van der Waals surface area contributed by atoms with Crippen LogP contribution in [0.1, 0.15) is 0 Å². The molecule has 0 saturated heterocycles. The van der Waals surface area contributed by atoms with E-state index in [1.807, 2.05) is 18.2 Å². The molecule has 1 aromatic heterocycles. The minimum Gasteiger partial charge on any atom is -0.456 e. The van der Waals surface area contributed by atoms with Crippen molar-refractivity contribution in [2.75, 3.05) is 4.90 Å². The number of nitrogens with zero attached hydrogens (tertiary/aromatic N) is 1. The largest absolute Gasteiger partial charge is 0.456 e. The minimum absolute atomic E-state index is 0.880. The molecular formula is C52H35NO. The summed E-state index contributed by atoms with van der Waals surface area (Å²) < 4.78 is 6.27. The zero-order chi connectivity index (χ0) is 35.8. The van der Waals surface area contributed by atoms with Crippen molar-refractivity contribution in [1.29, 1.82) is 0 Å². The average molecular weight is 690 g/mol. The lowest BCUT2D eigenvalue weighted by atomic mass is 9.95. The van der Waals surface area contributed by atoms with Crippen LogP contribution in [0.3, 0.4) is 0 Å². The molecule has 0 spiro atoms. The fraction of sp³-hybridized carbons (Fsp3) is 0. The van der Waals surface area contributed by atoms with Gasteiger partial charge in [-0.15, -0.1) is 0 Å². The van der Waals surface area contributed by atoms with Crippen molar-refractivity contribution in [3.05, 3.63) is 212 Å². The summed E-state index contributed by atoms with van der Waals surface area (Å²) >= 11 is 0. The van der Waals surface area contributed by atoms with E-state index in [9.17, 15) is 0 Å². The zero-order valence-corrected chi connectivity index (χ0v) is 29.6. The molecule has 0 amide bonds. The average Bonchev–Trinajstić information content (AvgIpc) is 3.69. The molecule has 54 heavy (non-hydrogen) atoms. The zero-order valence-electron chi connectivity index (χ0n) is 29.6. The first-order chi connectivity index (χ1) is 26.7. The molecule has 0 bridgehead atoms. The molecule has 0 aliphatic rings. The van der Waals surface area contributed by atoms with Gasteiger partial charge < -0.3 is 9.32 Å². The Labute approximate surface area is 314 Å². The van der Waals surface area contributed by atoms with Crippen LogP contribution in [0.15, 0.2) is 217 Å². The van der Waals surface area contributed by atoms with Gasteiger partial charge in [0, 0.05) is 28.0 Å². The Kier molecular flexibility index (Phi) is 7.85. The van der Waals surface area contributed by atoms with Crippen molar-refractivity contribution in [3.63, 3.8) is 0 Å². The van der Waals surface area contributed by atoms with Crippen molar-refractivity contribution in [1.82, 2.24) is 0 Å². The number of fused-ring (bicyclic) bond motifs is 4. The van der Waals surface area contributed by atoms with Crippen molar-refractivity contribution >= 4 is 49.6 Å². The van der Waals surface area contributed by atoms with Crippen LogP contribution in [0.4, 0.5) is 17.1 Å². The Bertz CT molecular complexity index is 2890. The maximum absolute atomic E-state index is 6.27. The van der Waals surface area contributed by atoms with E-state index in [0.717, 1.165) is 50.5 Å². The third kappa shape index (κ3) is 5.81. The molecule has 0 unspecified atom stereocenters. The van der Waals surface area contributed by atoms with E-state index in [4.69, 9.17) is 4.42 Å². The Hall–Kier alpha value is -7.16. The molecule has 0 radical (unpaired) electrons. The summed E-state index contributed by atoms with van der Waals surface area (Å²) in [6, 6.07) is 75.9. The molecule has 254 valence electrons. The van der Waals surface area contributed by atoms with E-state index in [1.165, 1.54) is 43.8 Å². The lowest BCUT2D eigenvalue weighted by Gasteiger charge is -2.27. The van der Waals surface area contributed by atoms with Gasteiger partial charge in [0.1, 0.15) is 11.3 Å². The van der Waals surface area contributed by atoms with Crippen molar-refractivity contribution in [3.8, 4) is 44.7 Å². The Morgan fingerprint density at radius 3 is 1.69 bits per heavy atom. The minimum atomic E-state index is 0.880. The second-order valence-corrected chi connectivity index (χ2v) is 13.8.